The molecule has 0 aromatic rings. The largest absolute Gasteiger partial charge is 0.353 e. The van der Waals surface area contributed by atoms with Gasteiger partial charge in [-0.05, 0) is 12.3 Å². The summed E-state index contributed by atoms with van der Waals surface area (Å²) < 4.78 is 0. The van der Waals surface area contributed by atoms with Crippen molar-refractivity contribution in [2.24, 2.45) is 11.7 Å². The van der Waals surface area contributed by atoms with Crippen LogP contribution in [0.25, 0.3) is 0 Å². The van der Waals surface area contributed by atoms with E-state index in [-0.39, 0.29) is 30.8 Å². The fourth-order valence-electron chi connectivity index (χ4n) is 1.67. The molecule has 1 atom stereocenters. The third kappa shape index (κ3) is 4.37. The van der Waals surface area contributed by atoms with Crippen LogP contribution in [-0.4, -0.2) is 42.4 Å². The summed E-state index contributed by atoms with van der Waals surface area (Å²) in [6.07, 6.45) is 0.664. The van der Waals surface area contributed by atoms with Crippen molar-refractivity contribution in [2.45, 2.75) is 26.3 Å². The normalized spacial score (nSPS) is 17.8. The SMILES string of the molecule is CC(C)CC(N)C(=O)N1CCNC(=O)C1.Cl. The number of halogens is 1. The molecule has 1 aliphatic rings. The number of amides is 2. The van der Waals surface area contributed by atoms with Crippen LogP contribution >= 0.6 is 12.4 Å². The molecule has 1 saturated heterocycles. The molecule has 0 spiro atoms. The lowest BCUT2D eigenvalue weighted by Gasteiger charge is -2.29. The molecule has 0 saturated carbocycles. The van der Waals surface area contributed by atoms with Crippen molar-refractivity contribution in [3.05, 3.63) is 0 Å². The quantitative estimate of drug-likeness (QED) is 0.724. The minimum absolute atomic E-state index is 0. The van der Waals surface area contributed by atoms with Gasteiger partial charge in [0.15, 0.2) is 0 Å². The van der Waals surface area contributed by atoms with Crippen molar-refractivity contribution in [1.82, 2.24) is 10.2 Å². The molecule has 0 radical (unpaired) electrons. The second kappa shape index (κ2) is 6.70. The van der Waals surface area contributed by atoms with Crippen molar-refractivity contribution < 1.29 is 9.59 Å². The predicted molar refractivity (Wildman–Crippen MR) is 64.3 cm³/mol. The standard InChI is InChI=1S/C10H19N3O2.ClH/c1-7(2)5-8(11)10(15)13-4-3-12-9(14)6-13;/h7-8H,3-6,11H2,1-2H3,(H,12,14);1H. The number of nitrogens with one attached hydrogen (secondary N) is 1. The Balaban J connectivity index is 0.00000225. The minimum atomic E-state index is -0.476. The zero-order valence-corrected chi connectivity index (χ0v) is 10.5. The highest BCUT2D eigenvalue weighted by Gasteiger charge is 2.25. The summed E-state index contributed by atoms with van der Waals surface area (Å²) in [5.41, 5.74) is 5.77. The van der Waals surface area contributed by atoms with Crippen LogP contribution in [-0.2, 0) is 9.59 Å². The zero-order valence-electron chi connectivity index (χ0n) is 9.73. The van der Waals surface area contributed by atoms with E-state index in [0.29, 0.717) is 25.4 Å². The van der Waals surface area contributed by atoms with Gasteiger partial charge in [0, 0.05) is 13.1 Å². The van der Waals surface area contributed by atoms with Crippen LogP contribution in [0.5, 0.6) is 0 Å². The minimum Gasteiger partial charge on any atom is -0.353 e. The van der Waals surface area contributed by atoms with Gasteiger partial charge in [0.05, 0.1) is 12.6 Å². The Morgan fingerprint density at radius 2 is 2.19 bits per heavy atom. The van der Waals surface area contributed by atoms with E-state index in [1.54, 1.807) is 0 Å². The molecule has 0 bridgehead atoms. The van der Waals surface area contributed by atoms with E-state index in [9.17, 15) is 9.59 Å². The molecule has 1 heterocycles. The summed E-state index contributed by atoms with van der Waals surface area (Å²) in [6, 6.07) is -0.476. The number of hydrogen-bond donors (Lipinski definition) is 2. The highest BCUT2D eigenvalue weighted by atomic mass is 35.5. The first-order chi connectivity index (χ1) is 7.00. The van der Waals surface area contributed by atoms with Crippen LogP contribution in [0.15, 0.2) is 0 Å². The lowest BCUT2D eigenvalue weighted by molar-refractivity contribution is -0.139. The molecule has 1 rings (SSSR count). The van der Waals surface area contributed by atoms with E-state index in [2.05, 4.69) is 5.32 Å². The average molecular weight is 250 g/mol. The molecule has 6 heteroatoms. The van der Waals surface area contributed by atoms with E-state index < -0.39 is 6.04 Å². The van der Waals surface area contributed by atoms with Crippen LogP contribution in [0.3, 0.4) is 0 Å². The molecule has 1 aliphatic heterocycles. The fraction of sp³-hybridized carbons (Fsp3) is 0.800. The van der Waals surface area contributed by atoms with Crippen molar-refractivity contribution in [3.8, 4) is 0 Å². The molecule has 0 aliphatic carbocycles. The van der Waals surface area contributed by atoms with Crippen molar-refractivity contribution in [1.29, 1.82) is 0 Å². The maximum Gasteiger partial charge on any atom is 0.240 e. The summed E-state index contributed by atoms with van der Waals surface area (Å²) in [6.45, 7) is 5.28. The maximum atomic E-state index is 11.8. The number of carbonyl (C=O) groups is 2. The predicted octanol–water partition coefficient (Wildman–Crippen LogP) is -0.260. The van der Waals surface area contributed by atoms with Crippen molar-refractivity contribution in [2.75, 3.05) is 19.6 Å². The highest BCUT2D eigenvalue weighted by Crippen LogP contribution is 2.06. The first kappa shape index (κ1) is 15.2. The molecule has 0 aromatic heterocycles. The maximum absolute atomic E-state index is 11.8. The Hall–Kier alpha value is -0.810. The smallest absolute Gasteiger partial charge is 0.240 e. The number of piperazine rings is 1. The summed E-state index contributed by atoms with van der Waals surface area (Å²) >= 11 is 0. The number of nitrogens with two attached hydrogens (primary N) is 1. The monoisotopic (exact) mass is 249 g/mol. The van der Waals surface area contributed by atoms with Gasteiger partial charge in [-0.15, -0.1) is 12.4 Å². The second-order valence-electron chi connectivity index (χ2n) is 4.35. The van der Waals surface area contributed by atoms with Gasteiger partial charge in [-0.25, -0.2) is 0 Å². The van der Waals surface area contributed by atoms with E-state index in [4.69, 9.17) is 5.73 Å². The Morgan fingerprint density at radius 3 is 2.69 bits per heavy atom. The number of hydrogen-bond acceptors (Lipinski definition) is 3. The van der Waals surface area contributed by atoms with Crippen LogP contribution in [0.4, 0.5) is 0 Å². The first-order valence-electron chi connectivity index (χ1n) is 5.31. The molecular weight excluding hydrogens is 230 g/mol. The number of nitrogens with zero attached hydrogens (tertiary/aromatic N) is 1. The number of rotatable bonds is 3. The Bertz CT molecular complexity index is 258. The Kier molecular flexibility index (Phi) is 6.36. The summed E-state index contributed by atoms with van der Waals surface area (Å²) in [5, 5.41) is 2.67. The molecule has 5 nitrogen and oxygen atoms in total. The summed E-state index contributed by atoms with van der Waals surface area (Å²) in [7, 11) is 0. The van der Waals surface area contributed by atoms with E-state index in [0.717, 1.165) is 0 Å². The fourth-order valence-corrected chi connectivity index (χ4v) is 1.67. The Labute approximate surface area is 102 Å². The van der Waals surface area contributed by atoms with E-state index in [1.807, 2.05) is 13.8 Å². The molecule has 1 fully saturated rings. The average Bonchev–Trinajstić information content (AvgIpc) is 2.15. The van der Waals surface area contributed by atoms with Crippen molar-refractivity contribution >= 4 is 24.2 Å². The van der Waals surface area contributed by atoms with E-state index in [1.165, 1.54) is 4.90 Å². The van der Waals surface area contributed by atoms with Gasteiger partial charge in [0.1, 0.15) is 0 Å². The second-order valence-corrected chi connectivity index (χ2v) is 4.35. The number of carbonyl (C=O) groups excluding carboxylic acids is 2. The lowest BCUT2D eigenvalue weighted by Crippen LogP contribution is -2.54. The molecule has 0 aromatic carbocycles. The topological polar surface area (TPSA) is 75.4 Å². The van der Waals surface area contributed by atoms with Crippen LogP contribution in [0.1, 0.15) is 20.3 Å². The van der Waals surface area contributed by atoms with Gasteiger partial charge in [-0.3, -0.25) is 9.59 Å². The summed E-state index contributed by atoms with van der Waals surface area (Å²) in [4.78, 5) is 24.4. The zero-order chi connectivity index (χ0) is 11.4. The van der Waals surface area contributed by atoms with Crippen molar-refractivity contribution in [3.63, 3.8) is 0 Å². The van der Waals surface area contributed by atoms with Gasteiger partial charge >= 0.3 is 0 Å². The molecule has 2 amide bonds. The van der Waals surface area contributed by atoms with Gasteiger partial charge in [-0.2, -0.15) is 0 Å². The first-order valence-corrected chi connectivity index (χ1v) is 5.31. The molecule has 16 heavy (non-hydrogen) atoms. The van der Waals surface area contributed by atoms with Crippen LogP contribution < -0.4 is 11.1 Å². The Morgan fingerprint density at radius 1 is 1.56 bits per heavy atom. The van der Waals surface area contributed by atoms with Crippen LogP contribution in [0, 0.1) is 5.92 Å². The van der Waals surface area contributed by atoms with Gasteiger partial charge in [-0.1, -0.05) is 13.8 Å². The summed E-state index contributed by atoms with van der Waals surface area (Å²) in [5.74, 6) is 0.174. The van der Waals surface area contributed by atoms with Crippen LogP contribution in [0.2, 0.25) is 0 Å². The lowest BCUT2D eigenvalue weighted by atomic mass is 10.0. The highest BCUT2D eigenvalue weighted by molar-refractivity contribution is 5.88. The molecule has 3 N–H and O–H groups in total. The molecule has 1 unspecified atom stereocenters. The third-order valence-electron chi connectivity index (χ3n) is 2.39. The van der Waals surface area contributed by atoms with E-state index >= 15 is 0 Å². The van der Waals surface area contributed by atoms with Gasteiger partial charge < -0.3 is 16.0 Å². The third-order valence-corrected chi connectivity index (χ3v) is 2.39. The van der Waals surface area contributed by atoms with Gasteiger partial charge in [0.2, 0.25) is 11.8 Å². The van der Waals surface area contributed by atoms with Gasteiger partial charge in [0.25, 0.3) is 0 Å². The molecular formula is C10H20ClN3O2. The molecule has 94 valence electrons.